The van der Waals surface area contributed by atoms with Gasteiger partial charge in [0.1, 0.15) is 0 Å². The third-order valence-corrected chi connectivity index (χ3v) is 5.39. The molecule has 0 unspecified atom stereocenters. The van der Waals surface area contributed by atoms with E-state index in [2.05, 4.69) is 12.2 Å². The zero-order chi connectivity index (χ0) is 16.0. The van der Waals surface area contributed by atoms with Crippen molar-refractivity contribution in [3.05, 3.63) is 29.8 Å². The molecule has 0 atom stereocenters. The van der Waals surface area contributed by atoms with E-state index in [9.17, 15) is 9.59 Å². The second-order valence-corrected chi connectivity index (χ2v) is 6.87. The molecule has 1 aliphatic rings. The Balaban J connectivity index is 1.97. The van der Waals surface area contributed by atoms with Crippen LogP contribution in [-0.2, 0) is 15.3 Å². The van der Waals surface area contributed by atoms with Gasteiger partial charge in [0.05, 0.1) is 5.75 Å². The smallest absolute Gasteiger partial charge is 0.313 e. The number of carboxylic acids is 1. The monoisotopic (exact) mass is 321 g/mol. The average Bonchev–Trinajstić information content (AvgIpc) is 2.97. The average molecular weight is 321 g/mol. The summed E-state index contributed by atoms with van der Waals surface area (Å²) in [7, 11) is 0. The number of hydrogen-bond donors (Lipinski definition) is 2. The fourth-order valence-electron chi connectivity index (χ4n) is 3.05. The van der Waals surface area contributed by atoms with Crippen LogP contribution in [0.3, 0.4) is 0 Å². The first kappa shape index (κ1) is 16.9. The van der Waals surface area contributed by atoms with Crippen LogP contribution in [-0.4, -0.2) is 22.7 Å². The number of aliphatic carboxylic acids is 1. The highest BCUT2D eigenvalue weighted by Crippen LogP contribution is 2.41. The molecule has 5 heteroatoms. The van der Waals surface area contributed by atoms with Gasteiger partial charge in [0, 0.05) is 16.9 Å². The fourth-order valence-corrected chi connectivity index (χ4v) is 3.74. The Morgan fingerprint density at radius 2 is 2.05 bits per heavy atom. The fraction of sp³-hybridized carbons (Fsp3) is 0.529. The number of amides is 1. The van der Waals surface area contributed by atoms with E-state index in [1.165, 1.54) is 11.8 Å². The van der Waals surface area contributed by atoms with Gasteiger partial charge in [-0.2, -0.15) is 0 Å². The van der Waals surface area contributed by atoms with E-state index in [-0.39, 0.29) is 17.1 Å². The van der Waals surface area contributed by atoms with Crippen LogP contribution in [0.5, 0.6) is 0 Å². The highest BCUT2D eigenvalue weighted by Gasteiger charge is 2.39. The SMILES string of the molecule is CCC1(C(=O)Nc2cccc(CSCC(=O)O)c2)CCCC1. The summed E-state index contributed by atoms with van der Waals surface area (Å²) in [6, 6.07) is 7.68. The Morgan fingerprint density at radius 1 is 1.32 bits per heavy atom. The van der Waals surface area contributed by atoms with Gasteiger partial charge in [-0.05, 0) is 37.0 Å². The minimum Gasteiger partial charge on any atom is -0.481 e. The number of rotatable bonds is 7. The lowest BCUT2D eigenvalue weighted by Crippen LogP contribution is -2.33. The third-order valence-electron chi connectivity index (χ3n) is 4.40. The Morgan fingerprint density at radius 3 is 2.68 bits per heavy atom. The lowest BCUT2D eigenvalue weighted by molar-refractivity contribution is -0.134. The number of nitrogens with one attached hydrogen (secondary N) is 1. The maximum Gasteiger partial charge on any atom is 0.313 e. The molecular weight excluding hydrogens is 298 g/mol. The van der Waals surface area contributed by atoms with Crippen LogP contribution in [0, 0.1) is 5.41 Å². The molecule has 0 radical (unpaired) electrons. The van der Waals surface area contributed by atoms with E-state index in [0.29, 0.717) is 5.75 Å². The predicted octanol–water partition coefficient (Wildman–Crippen LogP) is 3.91. The lowest BCUT2D eigenvalue weighted by atomic mass is 9.82. The summed E-state index contributed by atoms with van der Waals surface area (Å²) in [5.74, 6) is 0.0493. The van der Waals surface area contributed by atoms with Gasteiger partial charge in [-0.15, -0.1) is 11.8 Å². The van der Waals surface area contributed by atoms with Crippen LogP contribution in [0.25, 0.3) is 0 Å². The molecule has 1 amide bonds. The van der Waals surface area contributed by atoms with Gasteiger partial charge in [0.15, 0.2) is 0 Å². The molecule has 1 saturated carbocycles. The number of benzene rings is 1. The van der Waals surface area contributed by atoms with Crippen molar-refractivity contribution in [1.82, 2.24) is 0 Å². The molecule has 0 aliphatic heterocycles. The summed E-state index contributed by atoms with van der Waals surface area (Å²) in [5.41, 5.74) is 1.63. The highest BCUT2D eigenvalue weighted by atomic mass is 32.2. The molecule has 0 bridgehead atoms. The molecular formula is C17H23NO3S. The largest absolute Gasteiger partial charge is 0.481 e. The van der Waals surface area contributed by atoms with Crippen molar-refractivity contribution >= 4 is 29.3 Å². The summed E-state index contributed by atoms with van der Waals surface area (Å²) in [5, 5.41) is 11.7. The molecule has 120 valence electrons. The molecule has 0 heterocycles. The van der Waals surface area contributed by atoms with Gasteiger partial charge in [0.2, 0.25) is 5.91 Å². The summed E-state index contributed by atoms with van der Waals surface area (Å²) in [6.45, 7) is 2.09. The van der Waals surface area contributed by atoms with Gasteiger partial charge in [-0.25, -0.2) is 0 Å². The van der Waals surface area contributed by atoms with E-state index >= 15 is 0 Å². The molecule has 22 heavy (non-hydrogen) atoms. The Bertz CT molecular complexity index is 538. The summed E-state index contributed by atoms with van der Waals surface area (Å²) >= 11 is 1.36. The number of carbonyl (C=O) groups excluding carboxylic acids is 1. The van der Waals surface area contributed by atoms with Gasteiger partial charge in [0.25, 0.3) is 0 Å². The highest BCUT2D eigenvalue weighted by molar-refractivity contribution is 7.99. The Kier molecular flexibility index (Phi) is 5.89. The van der Waals surface area contributed by atoms with Gasteiger partial charge < -0.3 is 10.4 Å². The van der Waals surface area contributed by atoms with Crippen molar-refractivity contribution in [2.75, 3.05) is 11.1 Å². The minimum absolute atomic E-state index is 0.0928. The molecule has 0 saturated heterocycles. The predicted molar refractivity (Wildman–Crippen MR) is 90.1 cm³/mol. The lowest BCUT2D eigenvalue weighted by Gasteiger charge is -2.26. The van der Waals surface area contributed by atoms with Crippen molar-refractivity contribution in [1.29, 1.82) is 0 Å². The normalized spacial score (nSPS) is 16.4. The third kappa shape index (κ3) is 4.26. The molecule has 0 aromatic heterocycles. The van der Waals surface area contributed by atoms with Crippen molar-refractivity contribution in [3.8, 4) is 0 Å². The zero-order valence-corrected chi connectivity index (χ0v) is 13.7. The van der Waals surface area contributed by atoms with Crippen molar-refractivity contribution < 1.29 is 14.7 Å². The van der Waals surface area contributed by atoms with Crippen LogP contribution in [0.4, 0.5) is 5.69 Å². The van der Waals surface area contributed by atoms with Gasteiger partial charge in [-0.3, -0.25) is 9.59 Å². The van der Waals surface area contributed by atoms with Gasteiger partial charge >= 0.3 is 5.97 Å². The van der Waals surface area contributed by atoms with Crippen LogP contribution in [0.1, 0.15) is 44.6 Å². The topological polar surface area (TPSA) is 66.4 Å². The van der Waals surface area contributed by atoms with Crippen LogP contribution >= 0.6 is 11.8 Å². The molecule has 2 N–H and O–H groups in total. The standard InChI is InChI=1S/C17H23NO3S/c1-2-17(8-3-4-9-17)16(21)18-14-7-5-6-13(10-14)11-22-12-15(19)20/h5-7,10H,2-4,8-9,11-12H2,1H3,(H,18,21)(H,19,20). The Hall–Kier alpha value is -1.49. The Labute approximate surface area is 135 Å². The molecule has 1 fully saturated rings. The van der Waals surface area contributed by atoms with E-state index in [0.717, 1.165) is 43.4 Å². The van der Waals surface area contributed by atoms with Crippen molar-refractivity contribution in [2.45, 2.75) is 44.8 Å². The minimum atomic E-state index is -0.805. The number of anilines is 1. The van der Waals surface area contributed by atoms with E-state index in [4.69, 9.17) is 5.11 Å². The molecule has 1 aliphatic carbocycles. The van der Waals surface area contributed by atoms with Crippen LogP contribution in [0.15, 0.2) is 24.3 Å². The van der Waals surface area contributed by atoms with Crippen molar-refractivity contribution in [2.24, 2.45) is 5.41 Å². The molecule has 1 aromatic rings. The number of hydrogen-bond acceptors (Lipinski definition) is 3. The molecule has 4 nitrogen and oxygen atoms in total. The number of carbonyl (C=O) groups is 2. The summed E-state index contributed by atoms with van der Waals surface area (Å²) in [6.07, 6.45) is 5.10. The quantitative estimate of drug-likeness (QED) is 0.799. The molecule has 1 aromatic carbocycles. The second-order valence-electron chi connectivity index (χ2n) is 5.88. The number of thioether (sulfide) groups is 1. The van der Waals surface area contributed by atoms with Crippen LogP contribution < -0.4 is 5.32 Å². The zero-order valence-electron chi connectivity index (χ0n) is 12.9. The molecule has 0 spiro atoms. The van der Waals surface area contributed by atoms with E-state index in [1.807, 2.05) is 24.3 Å². The van der Waals surface area contributed by atoms with E-state index in [1.54, 1.807) is 0 Å². The maximum absolute atomic E-state index is 12.6. The first-order valence-electron chi connectivity index (χ1n) is 7.76. The summed E-state index contributed by atoms with van der Waals surface area (Å²) < 4.78 is 0. The first-order valence-corrected chi connectivity index (χ1v) is 8.91. The second kappa shape index (κ2) is 7.68. The summed E-state index contributed by atoms with van der Waals surface area (Å²) in [4.78, 5) is 23.1. The van der Waals surface area contributed by atoms with Crippen molar-refractivity contribution in [3.63, 3.8) is 0 Å². The molecule has 2 rings (SSSR count). The van der Waals surface area contributed by atoms with Crippen LogP contribution in [0.2, 0.25) is 0 Å². The maximum atomic E-state index is 12.6. The van der Waals surface area contributed by atoms with Gasteiger partial charge in [-0.1, -0.05) is 31.9 Å². The first-order chi connectivity index (χ1) is 10.6. The number of carboxylic acid groups (broad SMARTS) is 1. The van der Waals surface area contributed by atoms with E-state index < -0.39 is 5.97 Å².